The topological polar surface area (TPSA) is 67.6 Å². The van der Waals surface area contributed by atoms with Crippen molar-refractivity contribution in [1.29, 1.82) is 0 Å². The van der Waals surface area contributed by atoms with Crippen molar-refractivity contribution in [2.45, 2.75) is 12.8 Å². The Morgan fingerprint density at radius 3 is 2.91 bits per heavy atom. The highest BCUT2D eigenvalue weighted by Gasteiger charge is 2.10. The average molecular weight is 290 g/mol. The van der Waals surface area contributed by atoms with Gasteiger partial charge in [0.05, 0.1) is 0 Å². The van der Waals surface area contributed by atoms with E-state index in [4.69, 9.17) is 4.52 Å². The van der Waals surface area contributed by atoms with Crippen molar-refractivity contribution in [3.63, 3.8) is 0 Å². The molecule has 0 aliphatic carbocycles. The number of nitrogens with one attached hydrogen (secondary N) is 1. The third-order valence-electron chi connectivity index (χ3n) is 3.67. The predicted octanol–water partition coefficient (Wildman–Crippen LogP) is 3.40. The van der Waals surface area contributed by atoms with Crippen LogP contribution in [0.1, 0.15) is 11.5 Å². The normalized spacial score (nSPS) is 11.1. The zero-order valence-corrected chi connectivity index (χ0v) is 11.9. The first-order valence-corrected chi connectivity index (χ1v) is 7.18. The number of H-pyrrole nitrogens is 1. The Balaban J connectivity index is 1.52. The molecule has 1 aromatic carbocycles. The minimum Gasteiger partial charge on any atom is -0.361 e. The molecule has 1 N–H and O–H groups in total. The Kier molecular flexibility index (Phi) is 3.16. The fourth-order valence-corrected chi connectivity index (χ4v) is 2.55. The van der Waals surface area contributed by atoms with Crippen molar-refractivity contribution >= 4 is 10.9 Å². The minimum absolute atomic E-state index is 0.585. The Labute approximate surface area is 127 Å². The van der Waals surface area contributed by atoms with Gasteiger partial charge >= 0.3 is 0 Å². The van der Waals surface area contributed by atoms with Crippen LogP contribution in [-0.2, 0) is 12.8 Å². The minimum atomic E-state index is 0.585. The molecule has 0 aliphatic heterocycles. The van der Waals surface area contributed by atoms with E-state index in [9.17, 15) is 0 Å². The average Bonchev–Trinajstić information content (AvgIpc) is 3.21. The molecule has 5 heteroatoms. The van der Waals surface area contributed by atoms with Crippen LogP contribution in [0.25, 0.3) is 22.3 Å². The first-order valence-electron chi connectivity index (χ1n) is 7.18. The van der Waals surface area contributed by atoms with E-state index >= 15 is 0 Å². The van der Waals surface area contributed by atoms with E-state index in [1.54, 1.807) is 12.4 Å². The number of fused-ring (bicyclic) bond motifs is 1. The zero-order chi connectivity index (χ0) is 14.8. The number of rotatable bonds is 4. The maximum absolute atomic E-state index is 5.33. The molecule has 22 heavy (non-hydrogen) atoms. The van der Waals surface area contributed by atoms with E-state index in [1.807, 2.05) is 30.5 Å². The number of pyridine rings is 1. The number of benzene rings is 1. The van der Waals surface area contributed by atoms with Crippen LogP contribution in [-0.4, -0.2) is 20.1 Å². The molecule has 0 bridgehead atoms. The van der Waals surface area contributed by atoms with Crippen LogP contribution in [0.5, 0.6) is 0 Å². The number of aromatic nitrogens is 4. The van der Waals surface area contributed by atoms with Crippen LogP contribution < -0.4 is 0 Å². The Bertz CT molecular complexity index is 895. The molecule has 0 atom stereocenters. The van der Waals surface area contributed by atoms with Crippen LogP contribution in [0.2, 0.25) is 0 Å². The second-order valence-corrected chi connectivity index (χ2v) is 5.11. The third kappa shape index (κ3) is 2.37. The van der Waals surface area contributed by atoms with Crippen LogP contribution in [0, 0.1) is 0 Å². The summed E-state index contributed by atoms with van der Waals surface area (Å²) in [6.45, 7) is 0. The van der Waals surface area contributed by atoms with E-state index in [0.717, 1.165) is 23.9 Å². The Morgan fingerprint density at radius 1 is 1.05 bits per heavy atom. The number of para-hydroxylation sites is 1. The number of hydrogen-bond donors (Lipinski definition) is 1. The molecule has 108 valence electrons. The van der Waals surface area contributed by atoms with Crippen molar-refractivity contribution in [2.75, 3.05) is 0 Å². The van der Waals surface area contributed by atoms with E-state index in [-0.39, 0.29) is 0 Å². The lowest BCUT2D eigenvalue weighted by Gasteiger charge is -1.95. The molecule has 0 radical (unpaired) electrons. The van der Waals surface area contributed by atoms with Crippen molar-refractivity contribution in [3.8, 4) is 11.4 Å². The smallest absolute Gasteiger partial charge is 0.227 e. The van der Waals surface area contributed by atoms with Crippen LogP contribution >= 0.6 is 0 Å². The van der Waals surface area contributed by atoms with E-state index in [2.05, 4.69) is 32.2 Å². The van der Waals surface area contributed by atoms with Crippen molar-refractivity contribution in [2.24, 2.45) is 0 Å². The Morgan fingerprint density at radius 2 is 2.00 bits per heavy atom. The predicted molar refractivity (Wildman–Crippen MR) is 83.2 cm³/mol. The SMILES string of the molecule is c1cncc(-c2noc(CCc3c[nH]c4ccccc34)n2)c1. The summed E-state index contributed by atoms with van der Waals surface area (Å²) in [5, 5.41) is 5.26. The van der Waals surface area contributed by atoms with Gasteiger partial charge in [-0.3, -0.25) is 4.98 Å². The molecular weight excluding hydrogens is 276 g/mol. The molecular formula is C17H14N4O. The number of hydrogen-bond acceptors (Lipinski definition) is 4. The molecule has 0 saturated heterocycles. The van der Waals surface area contributed by atoms with Gasteiger partial charge in [-0.25, -0.2) is 0 Å². The first-order chi connectivity index (χ1) is 10.9. The summed E-state index contributed by atoms with van der Waals surface area (Å²) in [7, 11) is 0. The fraction of sp³-hybridized carbons (Fsp3) is 0.118. The van der Waals surface area contributed by atoms with Gasteiger partial charge in [-0.15, -0.1) is 0 Å². The van der Waals surface area contributed by atoms with E-state index < -0.39 is 0 Å². The maximum atomic E-state index is 5.33. The van der Waals surface area contributed by atoms with E-state index in [1.165, 1.54) is 10.9 Å². The molecule has 0 amide bonds. The molecule has 4 aromatic rings. The summed E-state index contributed by atoms with van der Waals surface area (Å²) >= 11 is 0. The molecule has 3 heterocycles. The fourth-order valence-electron chi connectivity index (χ4n) is 2.55. The molecule has 0 unspecified atom stereocenters. The standard InChI is InChI=1S/C17H14N4O/c1-2-6-15-14(5-1)12(11-19-15)7-8-16-20-17(21-22-16)13-4-3-9-18-10-13/h1-6,9-11,19H,7-8H2. The number of aromatic amines is 1. The molecule has 3 aromatic heterocycles. The lowest BCUT2D eigenvalue weighted by Crippen LogP contribution is -1.91. The largest absolute Gasteiger partial charge is 0.361 e. The highest BCUT2D eigenvalue weighted by molar-refractivity contribution is 5.83. The van der Waals surface area contributed by atoms with Gasteiger partial charge in [-0.05, 0) is 30.2 Å². The molecule has 0 fully saturated rings. The summed E-state index contributed by atoms with van der Waals surface area (Å²) in [4.78, 5) is 11.8. The van der Waals surface area contributed by atoms with Crippen molar-refractivity contribution < 1.29 is 4.52 Å². The summed E-state index contributed by atoms with van der Waals surface area (Å²) in [6, 6.07) is 12.0. The lowest BCUT2D eigenvalue weighted by molar-refractivity contribution is 0.379. The van der Waals surface area contributed by atoms with Gasteiger partial charge in [-0.1, -0.05) is 23.4 Å². The van der Waals surface area contributed by atoms with Gasteiger partial charge in [0.15, 0.2) is 0 Å². The third-order valence-corrected chi connectivity index (χ3v) is 3.67. The summed E-state index contributed by atoms with van der Waals surface area (Å²) in [5.41, 5.74) is 3.28. The van der Waals surface area contributed by atoms with Gasteiger partial charge < -0.3 is 9.51 Å². The number of aryl methyl sites for hydroxylation is 2. The van der Waals surface area contributed by atoms with Crippen LogP contribution in [0.4, 0.5) is 0 Å². The molecule has 0 saturated carbocycles. The van der Waals surface area contributed by atoms with Gasteiger partial charge in [0.2, 0.25) is 11.7 Å². The van der Waals surface area contributed by atoms with Gasteiger partial charge in [0, 0.05) is 41.5 Å². The maximum Gasteiger partial charge on any atom is 0.227 e. The summed E-state index contributed by atoms with van der Waals surface area (Å²) in [5.74, 6) is 1.23. The molecule has 0 spiro atoms. The van der Waals surface area contributed by atoms with Gasteiger partial charge in [-0.2, -0.15) is 4.98 Å². The monoisotopic (exact) mass is 290 g/mol. The highest BCUT2D eigenvalue weighted by atomic mass is 16.5. The lowest BCUT2D eigenvalue weighted by atomic mass is 10.1. The quantitative estimate of drug-likeness (QED) is 0.625. The molecule has 5 nitrogen and oxygen atoms in total. The van der Waals surface area contributed by atoms with Crippen LogP contribution in [0.3, 0.4) is 0 Å². The molecule has 0 aliphatic rings. The van der Waals surface area contributed by atoms with Crippen molar-refractivity contribution in [3.05, 3.63) is 66.4 Å². The molecule has 4 rings (SSSR count). The van der Waals surface area contributed by atoms with Crippen molar-refractivity contribution in [1.82, 2.24) is 20.1 Å². The van der Waals surface area contributed by atoms with Gasteiger partial charge in [0.1, 0.15) is 0 Å². The summed E-state index contributed by atoms with van der Waals surface area (Å²) in [6.07, 6.45) is 7.08. The Hall–Kier alpha value is -2.95. The second-order valence-electron chi connectivity index (χ2n) is 5.11. The zero-order valence-electron chi connectivity index (χ0n) is 11.9. The second kappa shape index (κ2) is 5.44. The summed E-state index contributed by atoms with van der Waals surface area (Å²) < 4.78 is 5.33. The first kappa shape index (κ1) is 12.8. The number of nitrogens with zero attached hydrogens (tertiary/aromatic N) is 3. The highest BCUT2D eigenvalue weighted by Crippen LogP contribution is 2.20. The van der Waals surface area contributed by atoms with Crippen LogP contribution in [0.15, 0.2) is 59.5 Å². The van der Waals surface area contributed by atoms with Gasteiger partial charge in [0.25, 0.3) is 0 Å². The van der Waals surface area contributed by atoms with E-state index in [0.29, 0.717) is 11.7 Å².